The van der Waals surface area contributed by atoms with Crippen LogP contribution >= 0.6 is 0 Å². The Morgan fingerprint density at radius 2 is 2.12 bits per heavy atom. The van der Waals surface area contributed by atoms with E-state index in [4.69, 9.17) is 9.47 Å². The van der Waals surface area contributed by atoms with E-state index in [1.165, 1.54) is 16.9 Å². The fraction of sp³-hybridized carbons (Fsp3) is 0.375. The number of carbonyl (C=O) groups excluding carboxylic acids is 1. The molecule has 0 fully saturated rings. The van der Waals surface area contributed by atoms with Crippen LogP contribution in [-0.4, -0.2) is 33.9 Å². The van der Waals surface area contributed by atoms with Gasteiger partial charge in [0.25, 0.3) is 0 Å². The maximum absolute atomic E-state index is 12.1. The molecule has 1 amide bonds. The van der Waals surface area contributed by atoms with Crippen LogP contribution < -0.4 is 14.8 Å². The highest BCUT2D eigenvalue weighted by Gasteiger charge is 2.25. The summed E-state index contributed by atoms with van der Waals surface area (Å²) in [7, 11) is 0. The molecule has 0 bridgehead atoms. The molecule has 0 saturated carbocycles. The average Bonchev–Trinajstić information content (AvgIpc) is 3.21. The molecular formula is C16H18N4O5. The van der Waals surface area contributed by atoms with Gasteiger partial charge in [-0.05, 0) is 22.6 Å². The molecule has 2 heterocycles. The summed E-state index contributed by atoms with van der Waals surface area (Å²) in [6.07, 6.45) is 1.40. The molecule has 132 valence electrons. The van der Waals surface area contributed by atoms with E-state index in [0.29, 0.717) is 18.0 Å². The summed E-state index contributed by atoms with van der Waals surface area (Å²) in [5, 5.41) is 17.2. The third kappa shape index (κ3) is 3.70. The first-order valence-electron chi connectivity index (χ1n) is 7.70. The number of carbonyl (C=O) groups is 1. The Balaban J connectivity index is 1.59. The van der Waals surface area contributed by atoms with Crippen LogP contribution in [0.4, 0.5) is 5.82 Å². The van der Waals surface area contributed by atoms with Crippen LogP contribution in [0.2, 0.25) is 0 Å². The number of benzene rings is 1. The lowest BCUT2D eigenvalue weighted by Gasteiger charge is -2.25. The quantitative estimate of drug-likeness (QED) is 0.629. The van der Waals surface area contributed by atoms with E-state index >= 15 is 0 Å². The van der Waals surface area contributed by atoms with Gasteiger partial charge in [0, 0.05) is 12.0 Å². The van der Waals surface area contributed by atoms with E-state index in [0.717, 1.165) is 5.56 Å². The molecule has 1 aliphatic heterocycles. The zero-order chi connectivity index (χ0) is 18.0. The number of nitro groups is 1. The molecule has 1 aromatic carbocycles. The summed E-state index contributed by atoms with van der Waals surface area (Å²) in [5.74, 6) is 0.852. The summed E-state index contributed by atoms with van der Waals surface area (Å²) >= 11 is 0. The molecular weight excluding hydrogens is 328 g/mol. The summed E-state index contributed by atoms with van der Waals surface area (Å²) in [6, 6.07) is 6.95. The van der Waals surface area contributed by atoms with Gasteiger partial charge >= 0.3 is 5.82 Å². The molecule has 1 N–H and O–H groups in total. The van der Waals surface area contributed by atoms with E-state index in [1.54, 1.807) is 0 Å². The zero-order valence-corrected chi connectivity index (χ0v) is 13.9. The van der Waals surface area contributed by atoms with E-state index in [2.05, 4.69) is 10.4 Å². The largest absolute Gasteiger partial charge is 0.454 e. The molecule has 0 radical (unpaired) electrons. The molecule has 0 unspecified atom stereocenters. The summed E-state index contributed by atoms with van der Waals surface area (Å²) in [5.41, 5.74) is 0.680. The highest BCUT2D eigenvalue weighted by atomic mass is 16.7. The Morgan fingerprint density at radius 3 is 2.84 bits per heavy atom. The van der Waals surface area contributed by atoms with Crippen molar-refractivity contribution in [1.29, 1.82) is 0 Å². The average molecular weight is 346 g/mol. The summed E-state index contributed by atoms with van der Waals surface area (Å²) in [4.78, 5) is 22.1. The molecule has 0 spiro atoms. The van der Waals surface area contributed by atoms with Crippen LogP contribution in [0.1, 0.15) is 19.4 Å². The number of ether oxygens (including phenoxy) is 2. The number of fused-ring (bicyclic) bond motifs is 1. The Kier molecular flexibility index (Phi) is 4.30. The number of hydrogen-bond donors (Lipinski definition) is 1. The van der Waals surface area contributed by atoms with Crippen LogP contribution in [0.5, 0.6) is 11.5 Å². The Morgan fingerprint density at radius 1 is 1.36 bits per heavy atom. The molecule has 0 saturated heterocycles. The predicted octanol–water partition coefficient (Wildman–Crippen LogP) is 1.61. The monoisotopic (exact) mass is 346 g/mol. The number of amides is 1. The molecule has 0 atom stereocenters. The maximum atomic E-state index is 12.1. The first kappa shape index (κ1) is 16.7. The van der Waals surface area contributed by atoms with Crippen LogP contribution in [-0.2, 0) is 16.8 Å². The number of rotatable bonds is 6. The SMILES string of the molecule is CC(C)(CNC(=O)Cn1ccc([N+](=O)[O-])n1)c1ccc2c(c1)OCO2. The minimum atomic E-state index is -0.600. The van der Waals surface area contributed by atoms with Gasteiger partial charge in [-0.15, -0.1) is 0 Å². The van der Waals surface area contributed by atoms with Gasteiger partial charge in [-0.2, -0.15) is 4.68 Å². The van der Waals surface area contributed by atoms with E-state index in [-0.39, 0.29) is 30.5 Å². The van der Waals surface area contributed by atoms with Gasteiger partial charge in [0.2, 0.25) is 12.7 Å². The molecule has 3 rings (SSSR count). The zero-order valence-electron chi connectivity index (χ0n) is 13.9. The summed E-state index contributed by atoms with van der Waals surface area (Å²) in [6.45, 7) is 4.54. The number of hydrogen-bond acceptors (Lipinski definition) is 6. The van der Waals surface area contributed by atoms with Gasteiger partial charge in [-0.3, -0.25) is 4.79 Å². The second-order valence-electron chi connectivity index (χ2n) is 6.36. The minimum absolute atomic E-state index is 0.0783. The van der Waals surface area contributed by atoms with Crippen LogP contribution in [0, 0.1) is 10.1 Å². The van der Waals surface area contributed by atoms with Gasteiger partial charge in [0.1, 0.15) is 6.54 Å². The molecule has 9 nitrogen and oxygen atoms in total. The normalized spacial score (nSPS) is 12.9. The smallest absolute Gasteiger partial charge is 0.389 e. The van der Waals surface area contributed by atoms with Crippen LogP contribution in [0.3, 0.4) is 0 Å². The van der Waals surface area contributed by atoms with Gasteiger partial charge in [-0.25, -0.2) is 0 Å². The Hall–Kier alpha value is -3.10. The van der Waals surface area contributed by atoms with Gasteiger partial charge in [-0.1, -0.05) is 19.9 Å². The third-order valence-electron chi connectivity index (χ3n) is 4.00. The van der Waals surface area contributed by atoms with Crippen molar-refractivity contribution in [2.24, 2.45) is 0 Å². The van der Waals surface area contributed by atoms with Crippen molar-refractivity contribution in [3.63, 3.8) is 0 Å². The molecule has 0 aliphatic carbocycles. The minimum Gasteiger partial charge on any atom is -0.454 e. The van der Waals surface area contributed by atoms with Gasteiger partial charge < -0.3 is 24.9 Å². The van der Waals surface area contributed by atoms with Crippen molar-refractivity contribution >= 4 is 11.7 Å². The highest BCUT2D eigenvalue weighted by Crippen LogP contribution is 2.36. The van der Waals surface area contributed by atoms with Crippen molar-refractivity contribution in [2.75, 3.05) is 13.3 Å². The molecule has 1 aromatic heterocycles. The lowest BCUT2D eigenvalue weighted by molar-refractivity contribution is -0.389. The van der Waals surface area contributed by atoms with E-state index < -0.39 is 4.92 Å². The summed E-state index contributed by atoms with van der Waals surface area (Å²) < 4.78 is 11.9. The van der Waals surface area contributed by atoms with Crippen LogP contribution in [0.15, 0.2) is 30.5 Å². The first-order valence-corrected chi connectivity index (χ1v) is 7.70. The second-order valence-corrected chi connectivity index (χ2v) is 6.36. The van der Waals surface area contributed by atoms with E-state index in [1.807, 2.05) is 32.0 Å². The highest BCUT2D eigenvalue weighted by molar-refractivity contribution is 5.75. The number of nitrogens with zero attached hydrogens (tertiary/aromatic N) is 3. The Labute approximate surface area is 143 Å². The maximum Gasteiger partial charge on any atom is 0.389 e. The lowest BCUT2D eigenvalue weighted by Crippen LogP contribution is -2.38. The van der Waals surface area contributed by atoms with E-state index in [9.17, 15) is 14.9 Å². The topological polar surface area (TPSA) is 109 Å². The number of nitrogens with one attached hydrogen (secondary N) is 1. The predicted molar refractivity (Wildman–Crippen MR) is 87.5 cm³/mol. The van der Waals surface area contributed by atoms with Crippen molar-refractivity contribution in [3.05, 3.63) is 46.1 Å². The van der Waals surface area contributed by atoms with Crippen molar-refractivity contribution < 1.29 is 19.2 Å². The number of aromatic nitrogens is 2. The molecule has 25 heavy (non-hydrogen) atoms. The van der Waals surface area contributed by atoms with Crippen LogP contribution in [0.25, 0.3) is 0 Å². The fourth-order valence-corrected chi connectivity index (χ4v) is 2.48. The van der Waals surface area contributed by atoms with Crippen molar-refractivity contribution in [3.8, 4) is 11.5 Å². The second kappa shape index (κ2) is 6.42. The lowest BCUT2D eigenvalue weighted by atomic mass is 9.84. The molecule has 9 heteroatoms. The third-order valence-corrected chi connectivity index (χ3v) is 4.00. The molecule has 2 aromatic rings. The van der Waals surface area contributed by atoms with Crippen molar-refractivity contribution in [1.82, 2.24) is 15.1 Å². The fourth-order valence-electron chi connectivity index (χ4n) is 2.48. The molecule has 1 aliphatic rings. The standard InChI is InChI=1S/C16H18N4O5/c1-16(2,11-3-4-12-13(7-11)25-10-24-12)9-17-15(21)8-19-6-5-14(18-19)20(22)23/h3-7H,8-10H2,1-2H3,(H,17,21). The first-order chi connectivity index (χ1) is 11.8. The van der Waals surface area contributed by atoms with Gasteiger partial charge in [0.05, 0.1) is 17.4 Å². The van der Waals surface area contributed by atoms with Crippen molar-refractivity contribution in [2.45, 2.75) is 25.8 Å². The van der Waals surface area contributed by atoms with Gasteiger partial charge in [0.15, 0.2) is 11.5 Å². The Bertz CT molecular complexity index is 815.